The number of fused-ring (bicyclic) bond motifs is 4. The van der Waals surface area contributed by atoms with Gasteiger partial charge in [0.2, 0.25) is 0 Å². The van der Waals surface area contributed by atoms with Crippen LogP contribution < -0.4 is 25.9 Å². The molecular weight excluding hydrogens is 703 g/mol. The largest absolute Gasteiger partial charge is 0.458 e. The molecule has 6 aromatic rings. The molecule has 58 heavy (non-hydrogen) atoms. The van der Waals surface area contributed by atoms with Crippen molar-refractivity contribution in [1.82, 2.24) is 0 Å². The molecule has 0 amide bonds. The molecule has 0 aromatic heterocycles. The molecule has 0 N–H and O–H groups in total. The molecule has 2 aliphatic heterocycles. The van der Waals surface area contributed by atoms with Crippen LogP contribution in [0.5, 0.6) is 23.0 Å². The van der Waals surface area contributed by atoms with Crippen molar-refractivity contribution in [1.29, 1.82) is 0 Å². The predicted octanol–water partition coefficient (Wildman–Crippen LogP) is 12.4. The second-order valence-corrected chi connectivity index (χ2v) is 19.6. The van der Waals surface area contributed by atoms with Crippen LogP contribution in [0.4, 0.5) is 0 Å². The first-order valence-electron chi connectivity index (χ1n) is 20.9. The number of hydrogen-bond acceptors (Lipinski definition) is 2. The van der Waals surface area contributed by atoms with Crippen LogP contribution in [0.3, 0.4) is 0 Å². The SMILES string of the molecule is CC(C)(C)c1ccc2c(c1)B1c3cc(C(C)(C)C)ccc3Oc3c(-c4c(-c5ccccc5)cccc4C(C)(C)C)cc(C4=CC=CC(Cc5c#cccc5)C4)c(c31)O2. The lowest BCUT2D eigenvalue weighted by atomic mass is 9.34. The molecule has 6 aromatic carbocycles. The fraction of sp³-hybridized carbons (Fsp3) is 0.273. The number of rotatable bonds is 5. The number of allylic oxidation sites excluding steroid dienone is 4. The molecular formula is C55H53BO2. The molecule has 0 spiro atoms. The van der Waals surface area contributed by atoms with Gasteiger partial charge in [-0.15, -0.1) is 0 Å². The molecule has 3 aliphatic rings. The summed E-state index contributed by atoms with van der Waals surface area (Å²) < 4.78 is 14.7. The Morgan fingerprint density at radius 2 is 1.29 bits per heavy atom. The molecule has 3 heteroatoms. The van der Waals surface area contributed by atoms with Gasteiger partial charge in [-0.2, -0.15) is 0 Å². The highest BCUT2D eigenvalue weighted by atomic mass is 16.5. The van der Waals surface area contributed by atoms with Gasteiger partial charge in [0.1, 0.15) is 23.0 Å². The Hall–Kier alpha value is -5.72. The second kappa shape index (κ2) is 14.0. The third-order valence-corrected chi connectivity index (χ3v) is 12.3. The van der Waals surface area contributed by atoms with Crippen molar-refractivity contribution in [2.45, 2.75) is 91.4 Å². The Morgan fingerprint density at radius 3 is 1.90 bits per heavy atom. The summed E-state index contributed by atoms with van der Waals surface area (Å²) >= 11 is 0. The van der Waals surface area contributed by atoms with Crippen LogP contribution in [0, 0.1) is 18.1 Å². The van der Waals surface area contributed by atoms with Gasteiger partial charge in [-0.3, -0.25) is 0 Å². The minimum Gasteiger partial charge on any atom is -0.458 e. The summed E-state index contributed by atoms with van der Waals surface area (Å²) in [5, 5.41) is 0. The van der Waals surface area contributed by atoms with Crippen molar-refractivity contribution in [3.05, 3.63) is 167 Å². The zero-order valence-corrected chi connectivity index (χ0v) is 35.5. The molecule has 288 valence electrons. The standard InChI is InChI=1S/C55H53BO2/c1-53(2,3)39-26-28-47-45(32-39)56-46-33-40(54(4,5)6)27-29-48(46)58-52-43(49-41(37-21-14-11-15-22-37)24-17-25-44(49)55(7,8)9)34-42(51(57-47)50(52)56)38-23-16-20-36(31-38)30-35-18-12-10-13-19-35/h10-12,14-18,20-29,32-34,36H,30-31H2,1-9H3. The van der Waals surface area contributed by atoms with Crippen LogP contribution in [0.15, 0.2) is 127 Å². The fourth-order valence-electron chi connectivity index (χ4n) is 9.14. The Morgan fingerprint density at radius 1 is 0.638 bits per heavy atom. The Labute approximate surface area is 346 Å². The predicted molar refractivity (Wildman–Crippen MR) is 244 cm³/mol. The lowest BCUT2D eigenvalue weighted by molar-refractivity contribution is 0.463. The molecule has 0 saturated carbocycles. The van der Waals surface area contributed by atoms with Gasteiger partial charge in [-0.05, 0) is 115 Å². The summed E-state index contributed by atoms with van der Waals surface area (Å²) in [6.07, 6.45) is 8.67. The summed E-state index contributed by atoms with van der Waals surface area (Å²) in [6.45, 7) is 20.6. The Bertz CT molecular complexity index is 2580. The lowest BCUT2D eigenvalue weighted by Crippen LogP contribution is -2.58. The van der Waals surface area contributed by atoms with Gasteiger partial charge < -0.3 is 9.47 Å². The molecule has 1 unspecified atom stereocenters. The molecule has 0 bridgehead atoms. The Balaban J connectivity index is 1.37. The quantitative estimate of drug-likeness (QED) is 0.163. The van der Waals surface area contributed by atoms with Gasteiger partial charge >= 0.3 is 0 Å². The lowest BCUT2D eigenvalue weighted by Gasteiger charge is -2.38. The normalized spacial score (nSPS) is 15.6. The summed E-state index contributed by atoms with van der Waals surface area (Å²) in [4.78, 5) is 0. The minimum absolute atomic E-state index is 0.0369. The fourth-order valence-corrected chi connectivity index (χ4v) is 9.14. The summed E-state index contributed by atoms with van der Waals surface area (Å²) in [5.74, 6) is 3.93. The van der Waals surface area contributed by atoms with Crippen LogP contribution >= 0.6 is 0 Å². The van der Waals surface area contributed by atoms with Crippen molar-refractivity contribution < 1.29 is 9.47 Å². The number of hydrogen-bond donors (Lipinski definition) is 0. The zero-order chi connectivity index (χ0) is 40.6. The molecule has 2 nitrogen and oxygen atoms in total. The molecule has 0 radical (unpaired) electrons. The molecule has 1 aliphatic carbocycles. The van der Waals surface area contributed by atoms with E-state index in [1.54, 1.807) is 0 Å². The van der Waals surface area contributed by atoms with Gasteiger partial charge in [0.15, 0.2) is 0 Å². The number of ether oxygens (including phenoxy) is 2. The third-order valence-electron chi connectivity index (χ3n) is 12.3. The van der Waals surface area contributed by atoms with Crippen LogP contribution in [0.2, 0.25) is 0 Å². The second-order valence-electron chi connectivity index (χ2n) is 19.6. The molecule has 0 fully saturated rings. The van der Waals surface area contributed by atoms with E-state index in [4.69, 9.17) is 9.47 Å². The molecule has 1 atom stereocenters. The monoisotopic (exact) mass is 756 g/mol. The topological polar surface area (TPSA) is 18.5 Å². The van der Waals surface area contributed by atoms with Gasteiger partial charge in [0.25, 0.3) is 6.71 Å². The first-order valence-corrected chi connectivity index (χ1v) is 20.9. The van der Waals surface area contributed by atoms with Crippen LogP contribution in [-0.4, -0.2) is 6.71 Å². The molecule has 9 rings (SSSR count). The summed E-state index contributed by atoms with van der Waals surface area (Å²) in [5.41, 5.74) is 15.4. The maximum atomic E-state index is 7.37. The van der Waals surface area contributed by atoms with E-state index < -0.39 is 0 Å². The van der Waals surface area contributed by atoms with E-state index in [2.05, 4.69) is 196 Å². The highest BCUT2D eigenvalue weighted by Gasteiger charge is 2.44. The maximum Gasteiger partial charge on any atom is 0.260 e. The van der Waals surface area contributed by atoms with E-state index in [-0.39, 0.29) is 23.0 Å². The highest BCUT2D eigenvalue weighted by molar-refractivity contribution is 6.98. The smallest absolute Gasteiger partial charge is 0.260 e. The van der Waals surface area contributed by atoms with E-state index in [9.17, 15) is 0 Å². The van der Waals surface area contributed by atoms with E-state index in [1.807, 2.05) is 6.07 Å². The third kappa shape index (κ3) is 6.77. The van der Waals surface area contributed by atoms with Crippen LogP contribution in [0.1, 0.15) is 96.6 Å². The van der Waals surface area contributed by atoms with E-state index in [0.717, 1.165) is 52.4 Å². The van der Waals surface area contributed by atoms with Gasteiger partial charge in [-0.25, -0.2) is 0 Å². The minimum atomic E-state index is -0.150. The van der Waals surface area contributed by atoms with Crippen molar-refractivity contribution in [3.63, 3.8) is 0 Å². The van der Waals surface area contributed by atoms with Crippen molar-refractivity contribution in [2.24, 2.45) is 5.92 Å². The Kier molecular flexibility index (Phi) is 9.13. The highest BCUT2D eigenvalue weighted by Crippen LogP contribution is 2.50. The van der Waals surface area contributed by atoms with Crippen molar-refractivity contribution >= 4 is 28.7 Å². The molecule has 2 heterocycles. The van der Waals surface area contributed by atoms with Gasteiger partial charge in [0.05, 0.1) is 0 Å². The van der Waals surface area contributed by atoms with Crippen LogP contribution in [-0.2, 0) is 22.7 Å². The summed E-state index contributed by atoms with van der Waals surface area (Å²) in [6, 6.07) is 46.4. The average Bonchev–Trinajstić information content (AvgIpc) is 3.20. The van der Waals surface area contributed by atoms with E-state index in [1.165, 1.54) is 55.4 Å². The van der Waals surface area contributed by atoms with Crippen LogP contribution in [0.25, 0.3) is 27.8 Å². The van der Waals surface area contributed by atoms with Gasteiger partial charge in [0, 0.05) is 22.2 Å². The van der Waals surface area contributed by atoms with E-state index >= 15 is 0 Å². The first-order chi connectivity index (χ1) is 27.6. The average molecular weight is 757 g/mol. The van der Waals surface area contributed by atoms with Crippen molar-refractivity contribution in [3.8, 4) is 45.3 Å². The van der Waals surface area contributed by atoms with Crippen molar-refractivity contribution in [2.75, 3.05) is 0 Å². The summed E-state index contributed by atoms with van der Waals surface area (Å²) in [7, 11) is 0. The number of benzene rings is 5. The first kappa shape index (κ1) is 37.8. The zero-order valence-electron chi connectivity index (χ0n) is 35.5. The maximum absolute atomic E-state index is 7.37. The molecule has 0 saturated heterocycles. The van der Waals surface area contributed by atoms with E-state index in [0.29, 0.717) is 5.92 Å². The van der Waals surface area contributed by atoms with Gasteiger partial charge in [-0.1, -0.05) is 172 Å².